The molecular weight excluding hydrogens is 250 g/mol. The zero-order valence-electron chi connectivity index (χ0n) is 11.7. The third-order valence-corrected chi connectivity index (χ3v) is 3.72. The number of benzene rings is 1. The summed E-state index contributed by atoms with van der Waals surface area (Å²) in [6, 6.07) is 9.49. The van der Waals surface area contributed by atoms with E-state index in [1.165, 1.54) is 11.1 Å². The van der Waals surface area contributed by atoms with Gasteiger partial charge in [0.25, 0.3) is 5.56 Å². The lowest BCUT2D eigenvalue weighted by molar-refractivity contribution is 0.574. The molecule has 0 aliphatic carbocycles. The smallest absolute Gasteiger partial charge is 0.250 e. The minimum Gasteiger partial charge on any atom is -0.329 e. The average Bonchev–Trinajstić information content (AvgIpc) is 2.81. The summed E-state index contributed by atoms with van der Waals surface area (Å²) in [5, 5.41) is 0. The van der Waals surface area contributed by atoms with Crippen molar-refractivity contribution in [3.63, 3.8) is 0 Å². The quantitative estimate of drug-likeness (QED) is 0.731. The number of nitrogens with zero attached hydrogens (tertiary/aromatic N) is 3. The molecule has 0 atom stereocenters. The standard InChI is InChI=1S/C16H17N3O/c1-12-9-14-15(10-13(12)2)19(11-17-14)8-7-18-6-4-3-5-16(18)20/h3-6,9-11H,7-8H2,1-2H3. The highest BCUT2D eigenvalue weighted by molar-refractivity contribution is 5.77. The van der Waals surface area contributed by atoms with Crippen LogP contribution in [0.3, 0.4) is 0 Å². The SMILES string of the molecule is Cc1cc2ncn(CCn3ccccc3=O)c2cc1C. The Morgan fingerprint density at radius 2 is 1.80 bits per heavy atom. The lowest BCUT2D eigenvalue weighted by atomic mass is 10.1. The molecular formula is C16H17N3O. The van der Waals surface area contributed by atoms with E-state index in [1.54, 1.807) is 16.7 Å². The van der Waals surface area contributed by atoms with Gasteiger partial charge in [0.2, 0.25) is 0 Å². The van der Waals surface area contributed by atoms with Crippen molar-refractivity contribution in [1.82, 2.24) is 14.1 Å². The molecule has 20 heavy (non-hydrogen) atoms. The number of fused-ring (bicyclic) bond motifs is 1. The fourth-order valence-electron chi connectivity index (χ4n) is 2.35. The van der Waals surface area contributed by atoms with Crippen LogP contribution in [-0.4, -0.2) is 14.1 Å². The Hall–Kier alpha value is -2.36. The van der Waals surface area contributed by atoms with Gasteiger partial charge in [-0.25, -0.2) is 4.98 Å². The van der Waals surface area contributed by atoms with E-state index in [4.69, 9.17) is 0 Å². The molecule has 102 valence electrons. The van der Waals surface area contributed by atoms with E-state index in [9.17, 15) is 4.79 Å². The summed E-state index contributed by atoms with van der Waals surface area (Å²) in [5.41, 5.74) is 4.67. The van der Waals surface area contributed by atoms with Gasteiger partial charge in [0, 0.05) is 25.4 Å². The van der Waals surface area contributed by atoms with E-state index in [1.807, 2.05) is 18.6 Å². The van der Waals surface area contributed by atoms with Crippen molar-refractivity contribution in [2.45, 2.75) is 26.9 Å². The highest BCUT2D eigenvalue weighted by Gasteiger charge is 2.05. The van der Waals surface area contributed by atoms with Crippen molar-refractivity contribution in [2.75, 3.05) is 0 Å². The second-order valence-electron chi connectivity index (χ2n) is 5.10. The minimum atomic E-state index is 0.0314. The largest absolute Gasteiger partial charge is 0.329 e. The molecule has 0 saturated heterocycles. The molecule has 0 N–H and O–H groups in total. The molecule has 1 aromatic carbocycles. The number of pyridine rings is 1. The summed E-state index contributed by atoms with van der Waals surface area (Å²) < 4.78 is 3.81. The topological polar surface area (TPSA) is 39.8 Å². The van der Waals surface area contributed by atoms with Crippen molar-refractivity contribution in [3.05, 3.63) is 64.3 Å². The number of aromatic nitrogens is 3. The first-order valence-electron chi connectivity index (χ1n) is 6.73. The molecule has 0 spiro atoms. The molecule has 0 unspecified atom stereocenters. The van der Waals surface area contributed by atoms with Gasteiger partial charge >= 0.3 is 0 Å². The second kappa shape index (κ2) is 4.96. The van der Waals surface area contributed by atoms with Crippen LogP contribution in [0.1, 0.15) is 11.1 Å². The summed E-state index contributed by atoms with van der Waals surface area (Å²) in [6.07, 6.45) is 3.66. The molecule has 0 aliphatic heterocycles. The van der Waals surface area contributed by atoms with Crippen LogP contribution in [0, 0.1) is 13.8 Å². The molecule has 0 radical (unpaired) electrons. The number of rotatable bonds is 3. The van der Waals surface area contributed by atoms with Gasteiger partial charge in [-0.2, -0.15) is 0 Å². The highest BCUT2D eigenvalue weighted by atomic mass is 16.1. The van der Waals surface area contributed by atoms with Gasteiger partial charge in [0.1, 0.15) is 0 Å². The van der Waals surface area contributed by atoms with E-state index in [0.29, 0.717) is 6.54 Å². The molecule has 3 rings (SSSR count). The Morgan fingerprint density at radius 3 is 2.60 bits per heavy atom. The Morgan fingerprint density at radius 1 is 1.05 bits per heavy atom. The normalized spacial score (nSPS) is 11.1. The number of hydrogen-bond acceptors (Lipinski definition) is 2. The van der Waals surface area contributed by atoms with Crippen LogP contribution >= 0.6 is 0 Å². The third kappa shape index (κ3) is 2.25. The molecule has 0 saturated carbocycles. The van der Waals surface area contributed by atoms with Gasteiger partial charge < -0.3 is 9.13 Å². The Kier molecular flexibility index (Phi) is 3.14. The van der Waals surface area contributed by atoms with Crippen molar-refractivity contribution in [2.24, 2.45) is 0 Å². The molecule has 0 bridgehead atoms. The number of aryl methyl sites for hydroxylation is 4. The first-order valence-corrected chi connectivity index (χ1v) is 6.73. The van der Waals surface area contributed by atoms with E-state index in [0.717, 1.165) is 17.6 Å². The maximum atomic E-state index is 11.7. The van der Waals surface area contributed by atoms with Crippen LogP contribution in [0.5, 0.6) is 0 Å². The maximum Gasteiger partial charge on any atom is 0.250 e. The van der Waals surface area contributed by atoms with E-state index >= 15 is 0 Å². The molecule has 4 nitrogen and oxygen atoms in total. The summed E-state index contributed by atoms with van der Waals surface area (Å²) in [5.74, 6) is 0. The van der Waals surface area contributed by atoms with Crippen molar-refractivity contribution < 1.29 is 0 Å². The molecule has 3 aromatic rings. The van der Waals surface area contributed by atoms with Crippen molar-refractivity contribution in [3.8, 4) is 0 Å². The van der Waals surface area contributed by atoms with Crippen molar-refractivity contribution >= 4 is 11.0 Å². The molecule has 2 aromatic heterocycles. The highest BCUT2D eigenvalue weighted by Crippen LogP contribution is 2.18. The Bertz CT molecular complexity index is 814. The van der Waals surface area contributed by atoms with Crippen LogP contribution in [0.25, 0.3) is 11.0 Å². The third-order valence-electron chi connectivity index (χ3n) is 3.72. The van der Waals surface area contributed by atoms with Gasteiger partial charge in [-0.05, 0) is 43.2 Å². The van der Waals surface area contributed by atoms with Gasteiger partial charge in [-0.1, -0.05) is 6.07 Å². The fraction of sp³-hybridized carbons (Fsp3) is 0.250. The number of hydrogen-bond donors (Lipinski definition) is 0. The van der Waals surface area contributed by atoms with Crippen LogP contribution in [-0.2, 0) is 13.1 Å². The first kappa shape index (κ1) is 12.7. The van der Waals surface area contributed by atoms with Gasteiger partial charge in [0.05, 0.1) is 17.4 Å². The molecule has 0 amide bonds. The van der Waals surface area contributed by atoms with Gasteiger partial charge in [-0.15, -0.1) is 0 Å². The first-order chi connectivity index (χ1) is 9.65. The lowest BCUT2D eigenvalue weighted by Crippen LogP contribution is -2.20. The van der Waals surface area contributed by atoms with Crippen LogP contribution in [0.4, 0.5) is 0 Å². The van der Waals surface area contributed by atoms with Crippen LogP contribution in [0.2, 0.25) is 0 Å². The minimum absolute atomic E-state index is 0.0314. The molecule has 4 heteroatoms. The Balaban J connectivity index is 1.90. The van der Waals surface area contributed by atoms with Gasteiger partial charge in [0.15, 0.2) is 0 Å². The zero-order valence-corrected chi connectivity index (χ0v) is 11.7. The van der Waals surface area contributed by atoms with Crippen LogP contribution in [0.15, 0.2) is 47.7 Å². The van der Waals surface area contributed by atoms with Crippen molar-refractivity contribution in [1.29, 1.82) is 0 Å². The summed E-state index contributed by atoms with van der Waals surface area (Å²) in [6.45, 7) is 5.59. The zero-order chi connectivity index (χ0) is 14.1. The lowest BCUT2D eigenvalue weighted by Gasteiger charge is -2.08. The summed E-state index contributed by atoms with van der Waals surface area (Å²) in [7, 11) is 0. The van der Waals surface area contributed by atoms with E-state index in [2.05, 4.69) is 35.5 Å². The monoisotopic (exact) mass is 267 g/mol. The van der Waals surface area contributed by atoms with Gasteiger partial charge in [-0.3, -0.25) is 4.79 Å². The molecule has 2 heterocycles. The maximum absolute atomic E-state index is 11.7. The molecule has 0 aliphatic rings. The summed E-state index contributed by atoms with van der Waals surface area (Å²) in [4.78, 5) is 16.1. The predicted octanol–water partition coefficient (Wildman–Crippen LogP) is 2.52. The molecule has 0 fully saturated rings. The average molecular weight is 267 g/mol. The number of imidazole rings is 1. The fourth-order valence-corrected chi connectivity index (χ4v) is 2.35. The van der Waals surface area contributed by atoms with E-state index in [-0.39, 0.29) is 5.56 Å². The second-order valence-corrected chi connectivity index (χ2v) is 5.10. The van der Waals surface area contributed by atoms with E-state index < -0.39 is 0 Å². The van der Waals surface area contributed by atoms with Crippen LogP contribution < -0.4 is 5.56 Å². The Labute approximate surface area is 117 Å². The predicted molar refractivity (Wildman–Crippen MR) is 79.9 cm³/mol. The summed E-state index contributed by atoms with van der Waals surface area (Å²) >= 11 is 0.